The molecule has 1 aliphatic heterocycles. The Hall–Kier alpha value is -2.97. The Morgan fingerprint density at radius 1 is 1.25 bits per heavy atom. The minimum atomic E-state index is -0.266. The van der Waals surface area contributed by atoms with Crippen molar-refractivity contribution in [2.45, 2.75) is 5.92 Å². The molecule has 118 valence electrons. The molecule has 0 fully saturated rings. The summed E-state index contributed by atoms with van der Waals surface area (Å²) in [4.78, 5) is 0. The molecule has 2 heterocycles. The quantitative estimate of drug-likeness (QED) is 0.765. The van der Waals surface area contributed by atoms with Crippen molar-refractivity contribution in [1.82, 2.24) is 0 Å². The third-order valence-corrected chi connectivity index (χ3v) is 5.12. The number of nitriles is 1. The number of hydrogen-bond donors (Lipinski definition) is 1. The second-order valence-electron chi connectivity index (χ2n) is 5.52. The molecule has 3 aromatic rings. The Bertz CT molecular complexity index is 1010. The van der Waals surface area contributed by atoms with E-state index in [9.17, 15) is 5.26 Å². The molecule has 0 bridgehead atoms. The summed E-state index contributed by atoms with van der Waals surface area (Å²) in [5, 5.41) is 12.7. The summed E-state index contributed by atoms with van der Waals surface area (Å²) in [6.45, 7) is 0. The minimum Gasteiger partial charge on any atom is -0.497 e. The molecule has 1 atom stereocenters. The fraction of sp³-hybridized carbons (Fsp3) is 0.105. The molecule has 0 saturated heterocycles. The van der Waals surface area contributed by atoms with Crippen molar-refractivity contribution < 1.29 is 9.47 Å². The average Bonchev–Trinajstić information content (AvgIpc) is 3.09. The Kier molecular flexibility index (Phi) is 3.40. The van der Waals surface area contributed by atoms with E-state index < -0.39 is 0 Å². The van der Waals surface area contributed by atoms with E-state index in [0.717, 1.165) is 32.7 Å². The Morgan fingerprint density at radius 2 is 2.12 bits per heavy atom. The second kappa shape index (κ2) is 5.59. The van der Waals surface area contributed by atoms with Crippen LogP contribution in [0.25, 0.3) is 10.1 Å². The largest absolute Gasteiger partial charge is 0.497 e. The van der Waals surface area contributed by atoms with Crippen molar-refractivity contribution in [3.63, 3.8) is 0 Å². The smallest absolute Gasteiger partial charge is 0.205 e. The van der Waals surface area contributed by atoms with Gasteiger partial charge in [0.1, 0.15) is 23.1 Å². The zero-order valence-corrected chi connectivity index (χ0v) is 13.8. The lowest BCUT2D eigenvalue weighted by Gasteiger charge is -2.27. The van der Waals surface area contributed by atoms with E-state index in [1.165, 1.54) is 0 Å². The Labute approximate surface area is 143 Å². The van der Waals surface area contributed by atoms with E-state index in [1.54, 1.807) is 18.4 Å². The van der Waals surface area contributed by atoms with Crippen LogP contribution in [0, 0.1) is 11.3 Å². The van der Waals surface area contributed by atoms with Gasteiger partial charge in [-0.15, -0.1) is 11.3 Å². The maximum atomic E-state index is 9.62. The summed E-state index contributed by atoms with van der Waals surface area (Å²) in [5.74, 6) is 1.38. The second-order valence-corrected chi connectivity index (χ2v) is 6.47. The number of ether oxygens (including phenoxy) is 2. The van der Waals surface area contributed by atoms with Crippen LogP contribution < -0.4 is 15.2 Å². The van der Waals surface area contributed by atoms with E-state index >= 15 is 0 Å². The number of thiophene rings is 1. The van der Waals surface area contributed by atoms with Gasteiger partial charge in [0.25, 0.3) is 0 Å². The first kappa shape index (κ1) is 14.6. The van der Waals surface area contributed by atoms with Crippen molar-refractivity contribution in [3.05, 3.63) is 70.4 Å². The van der Waals surface area contributed by atoms with Crippen LogP contribution in [-0.2, 0) is 0 Å². The molecule has 1 aromatic heterocycles. The van der Waals surface area contributed by atoms with Gasteiger partial charge in [-0.3, -0.25) is 0 Å². The van der Waals surface area contributed by atoms with Crippen molar-refractivity contribution in [1.29, 1.82) is 5.26 Å². The number of nitrogens with two attached hydrogens (primary N) is 1. The Morgan fingerprint density at radius 3 is 2.92 bits per heavy atom. The topological polar surface area (TPSA) is 68.3 Å². The third kappa shape index (κ3) is 2.12. The third-order valence-electron chi connectivity index (χ3n) is 4.24. The highest BCUT2D eigenvalue weighted by Gasteiger charge is 2.32. The highest BCUT2D eigenvalue weighted by molar-refractivity contribution is 7.17. The first-order chi connectivity index (χ1) is 11.7. The molecule has 0 spiro atoms. The van der Waals surface area contributed by atoms with E-state index in [-0.39, 0.29) is 11.8 Å². The lowest BCUT2D eigenvalue weighted by Crippen LogP contribution is -2.21. The van der Waals surface area contributed by atoms with Crippen molar-refractivity contribution in [2.24, 2.45) is 5.73 Å². The average molecular weight is 334 g/mol. The van der Waals surface area contributed by atoms with Crippen LogP contribution in [0.2, 0.25) is 0 Å². The molecule has 2 N–H and O–H groups in total. The molecule has 0 saturated carbocycles. The predicted molar refractivity (Wildman–Crippen MR) is 94.1 cm³/mol. The number of fused-ring (bicyclic) bond motifs is 3. The van der Waals surface area contributed by atoms with Crippen molar-refractivity contribution in [3.8, 4) is 17.6 Å². The highest BCUT2D eigenvalue weighted by atomic mass is 32.1. The molecular weight excluding hydrogens is 320 g/mol. The highest BCUT2D eigenvalue weighted by Crippen LogP contribution is 2.46. The van der Waals surface area contributed by atoms with Gasteiger partial charge < -0.3 is 15.2 Å². The molecule has 0 radical (unpaired) electrons. The lowest BCUT2D eigenvalue weighted by atomic mass is 9.83. The van der Waals surface area contributed by atoms with Gasteiger partial charge in [0, 0.05) is 15.6 Å². The summed E-state index contributed by atoms with van der Waals surface area (Å²) < 4.78 is 12.3. The van der Waals surface area contributed by atoms with Crippen LogP contribution in [0.15, 0.2) is 59.3 Å². The zero-order chi connectivity index (χ0) is 16.7. The van der Waals surface area contributed by atoms with Gasteiger partial charge in [-0.05, 0) is 35.2 Å². The van der Waals surface area contributed by atoms with E-state index in [0.29, 0.717) is 5.57 Å². The van der Waals surface area contributed by atoms with Gasteiger partial charge in [0.05, 0.1) is 13.0 Å². The van der Waals surface area contributed by atoms with E-state index in [4.69, 9.17) is 15.2 Å². The number of hydrogen-bond acceptors (Lipinski definition) is 5. The summed E-state index contributed by atoms with van der Waals surface area (Å²) in [5.41, 5.74) is 8.39. The van der Waals surface area contributed by atoms with E-state index in [1.807, 2.05) is 41.8 Å². The number of rotatable bonds is 2. The number of methoxy groups -OCH3 is 1. The van der Waals surface area contributed by atoms with Gasteiger partial charge in [-0.1, -0.05) is 18.2 Å². The maximum absolute atomic E-state index is 9.62. The van der Waals surface area contributed by atoms with Gasteiger partial charge >= 0.3 is 0 Å². The van der Waals surface area contributed by atoms with Crippen LogP contribution in [0.4, 0.5) is 0 Å². The molecule has 0 amide bonds. The summed E-state index contributed by atoms with van der Waals surface area (Å²) in [7, 11) is 1.63. The van der Waals surface area contributed by atoms with E-state index in [2.05, 4.69) is 12.1 Å². The van der Waals surface area contributed by atoms with Gasteiger partial charge in [0.2, 0.25) is 5.88 Å². The number of allylic oxidation sites excluding steroid dienone is 1. The van der Waals surface area contributed by atoms with Crippen molar-refractivity contribution >= 4 is 21.4 Å². The normalized spacial score (nSPS) is 16.4. The molecular formula is C19H14N2O2S. The van der Waals surface area contributed by atoms with Crippen LogP contribution in [0.1, 0.15) is 17.0 Å². The van der Waals surface area contributed by atoms with Crippen LogP contribution in [0.3, 0.4) is 0 Å². The molecule has 5 heteroatoms. The summed E-state index contributed by atoms with van der Waals surface area (Å²) >= 11 is 1.65. The molecule has 24 heavy (non-hydrogen) atoms. The first-order valence-corrected chi connectivity index (χ1v) is 8.32. The SMILES string of the molecule is COc1cccc(C2C(C#N)=C(N)Oc3c2ccc2sccc32)c1. The lowest BCUT2D eigenvalue weighted by molar-refractivity contribution is 0.397. The minimum absolute atomic E-state index is 0.163. The van der Waals surface area contributed by atoms with Crippen LogP contribution in [-0.4, -0.2) is 7.11 Å². The predicted octanol–water partition coefficient (Wildman–Crippen LogP) is 4.13. The molecule has 1 aliphatic rings. The standard InChI is InChI=1S/C19H14N2O2S/c1-22-12-4-2-3-11(9-12)17-14-5-6-16-13(7-8-24-16)18(14)23-19(21)15(17)10-20/h2-9,17H,21H2,1H3. The maximum Gasteiger partial charge on any atom is 0.205 e. The monoisotopic (exact) mass is 334 g/mol. The fourth-order valence-corrected chi connectivity index (χ4v) is 3.91. The summed E-state index contributed by atoms with van der Waals surface area (Å²) in [6.07, 6.45) is 0. The number of nitrogens with zero attached hydrogens (tertiary/aromatic N) is 1. The summed E-state index contributed by atoms with van der Waals surface area (Å²) in [6, 6.07) is 16.0. The van der Waals surface area contributed by atoms with Crippen molar-refractivity contribution in [2.75, 3.05) is 7.11 Å². The number of benzene rings is 2. The molecule has 4 rings (SSSR count). The van der Waals surface area contributed by atoms with Gasteiger partial charge in [-0.2, -0.15) is 5.26 Å². The molecule has 2 aromatic carbocycles. The van der Waals surface area contributed by atoms with Gasteiger partial charge in [-0.25, -0.2) is 0 Å². The molecule has 0 aliphatic carbocycles. The fourth-order valence-electron chi connectivity index (χ4n) is 3.13. The zero-order valence-electron chi connectivity index (χ0n) is 12.9. The Balaban J connectivity index is 1.99. The van der Waals surface area contributed by atoms with Crippen LogP contribution >= 0.6 is 11.3 Å². The van der Waals surface area contributed by atoms with Gasteiger partial charge in [0.15, 0.2) is 0 Å². The first-order valence-electron chi connectivity index (χ1n) is 7.44. The van der Waals surface area contributed by atoms with Crippen LogP contribution in [0.5, 0.6) is 11.5 Å². The molecule has 4 nitrogen and oxygen atoms in total. The molecule has 1 unspecified atom stereocenters.